The van der Waals surface area contributed by atoms with Crippen LogP contribution in [0.25, 0.3) is 0 Å². The fourth-order valence-electron chi connectivity index (χ4n) is 2.71. The molecular formula is C16H22N4O4S. The number of benzene rings is 1. The van der Waals surface area contributed by atoms with Crippen molar-refractivity contribution in [2.75, 3.05) is 13.2 Å². The second kappa shape index (κ2) is 7.63. The van der Waals surface area contributed by atoms with E-state index in [1.165, 1.54) is 12.1 Å². The molecule has 3 N–H and O–H groups in total. The molecule has 1 saturated heterocycles. The van der Waals surface area contributed by atoms with Crippen molar-refractivity contribution in [1.82, 2.24) is 19.6 Å². The quantitative estimate of drug-likeness (QED) is 0.617. The number of sulfonamides is 1. The lowest BCUT2D eigenvalue weighted by Crippen LogP contribution is -2.44. The molecule has 1 aromatic heterocycles. The monoisotopic (exact) mass is 366 g/mol. The van der Waals surface area contributed by atoms with Crippen LogP contribution in [-0.2, 0) is 28.4 Å². The molecule has 1 fully saturated rings. The maximum atomic E-state index is 12.2. The van der Waals surface area contributed by atoms with E-state index in [-0.39, 0.29) is 17.5 Å². The largest absolute Gasteiger partial charge is 0.389 e. The normalized spacial score (nSPS) is 23.8. The van der Waals surface area contributed by atoms with Gasteiger partial charge in [-0.05, 0) is 12.1 Å². The Labute approximate surface area is 146 Å². The second-order valence-electron chi connectivity index (χ2n) is 5.97. The molecule has 0 aliphatic carbocycles. The highest BCUT2D eigenvalue weighted by Gasteiger charge is 2.36. The van der Waals surface area contributed by atoms with Gasteiger partial charge in [0.15, 0.2) is 0 Å². The highest BCUT2D eigenvalue weighted by molar-refractivity contribution is 7.89. The number of aliphatic hydroxyl groups is 1. The third kappa shape index (κ3) is 4.25. The van der Waals surface area contributed by atoms with E-state index in [0.29, 0.717) is 13.2 Å². The molecule has 3 unspecified atom stereocenters. The van der Waals surface area contributed by atoms with Crippen LogP contribution in [0, 0.1) is 0 Å². The fraction of sp³-hybridized carbons (Fsp3) is 0.438. The van der Waals surface area contributed by atoms with Crippen LogP contribution in [-0.4, -0.2) is 54.5 Å². The van der Waals surface area contributed by atoms with Gasteiger partial charge in [-0.25, -0.2) is 18.1 Å². The van der Waals surface area contributed by atoms with Gasteiger partial charge in [0.2, 0.25) is 10.0 Å². The second-order valence-corrected chi connectivity index (χ2v) is 7.74. The molecule has 8 nitrogen and oxygen atoms in total. The summed E-state index contributed by atoms with van der Waals surface area (Å²) in [4.78, 5) is 4.40. The minimum absolute atomic E-state index is 0.0129. The summed E-state index contributed by atoms with van der Waals surface area (Å²) < 4.78 is 34.4. The molecule has 0 amide bonds. The minimum atomic E-state index is -3.62. The molecule has 0 spiro atoms. The molecule has 25 heavy (non-hydrogen) atoms. The van der Waals surface area contributed by atoms with Gasteiger partial charge in [0.05, 0.1) is 36.3 Å². The molecule has 2 aromatic rings. The highest BCUT2D eigenvalue weighted by atomic mass is 32.2. The topological polar surface area (TPSA) is 105 Å². The Hall–Kier alpha value is -1.78. The van der Waals surface area contributed by atoms with Gasteiger partial charge in [-0.1, -0.05) is 18.2 Å². The average molecular weight is 366 g/mol. The zero-order valence-corrected chi connectivity index (χ0v) is 14.7. The molecule has 1 aliphatic heterocycles. The molecule has 1 aromatic carbocycles. The van der Waals surface area contributed by atoms with Gasteiger partial charge in [0.25, 0.3) is 0 Å². The van der Waals surface area contributed by atoms with Crippen LogP contribution in [0.4, 0.5) is 0 Å². The summed E-state index contributed by atoms with van der Waals surface area (Å²) in [5, 5.41) is 13.6. The summed E-state index contributed by atoms with van der Waals surface area (Å²) in [7, 11) is -1.72. The molecule has 0 saturated carbocycles. The maximum absolute atomic E-state index is 12.2. The first-order chi connectivity index (χ1) is 12.0. The highest BCUT2D eigenvalue weighted by Crippen LogP contribution is 2.16. The van der Waals surface area contributed by atoms with Gasteiger partial charge >= 0.3 is 0 Å². The number of hydrogen-bond donors (Lipinski definition) is 3. The van der Waals surface area contributed by atoms with Crippen molar-refractivity contribution in [2.24, 2.45) is 7.05 Å². The van der Waals surface area contributed by atoms with Crippen LogP contribution in [0.2, 0.25) is 0 Å². The van der Waals surface area contributed by atoms with E-state index < -0.39 is 22.2 Å². The summed E-state index contributed by atoms with van der Waals surface area (Å²) >= 11 is 0. The van der Waals surface area contributed by atoms with Crippen molar-refractivity contribution in [2.45, 2.75) is 29.7 Å². The van der Waals surface area contributed by atoms with Gasteiger partial charge in [-0.3, -0.25) is 0 Å². The van der Waals surface area contributed by atoms with Crippen LogP contribution in [0.5, 0.6) is 0 Å². The number of aryl methyl sites for hydroxylation is 1. The third-order valence-electron chi connectivity index (χ3n) is 4.25. The van der Waals surface area contributed by atoms with E-state index in [2.05, 4.69) is 15.0 Å². The van der Waals surface area contributed by atoms with Gasteiger partial charge in [-0.2, -0.15) is 0 Å². The van der Waals surface area contributed by atoms with Crippen LogP contribution in [0.15, 0.2) is 47.6 Å². The van der Waals surface area contributed by atoms with E-state index in [0.717, 1.165) is 5.82 Å². The Morgan fingerprint density at radius 2 is 2.12 bits per heavy atom. The maximum Gasteiger partial charge on any atom is 0.240 e. The van der Waals surface area contributed by atoms with Gasteiger partial charge in [0.1, 0.15) is 5.82 Å². The number of imidazole rings is 1. The molecule has 136 valence electrons. The minimum Gasteiger partial charge on any atom is -0.389 e. The Balaban J connectivity index is 1.52. The number of nitrogens with zero attached hydrogens (tertiary/aromatic N) is 2. The van der Waals surface area contributed by atoms with Gasteiger partial charge in [0, 0.05) is 26.0 Å². The van der Waals surface area contributed by atoms with Crippen molar-refractivity contribution >= 4 is 10.0 Å². The summed E-state index contributed by atoms with van der Waals surface area (Å²) in [6.07, 6.45) is 2.15. The Bertz CT molecular complexity index is 793. The van der Waals surface area contributed by atoms with Crippen LogP contribution < -0.4 is 10.0 Å². The van der Waals surface area contributed by atoms with Gasteiger partial charge < -0.3 is 19.7 Å². The first-order valence-electron chi connectivity index (χ1n) is 8.01. The van der Waals surface area contributed by atoms with Crippen LogP contribution in [0.1, 0.15) is 5.82 Å². The lowest BCUT2D eigenvalue weighted by atomic mass is 10.1. The lowest BCUT2D eigenvalue weighted by Gasteiger charge is -2.19. The number of nitrogens with one attached hydrogen (secondary N) is 2. The third-order valence-corrected chi connectivity index (χ3v) is 5.69. The number of aliphatic hydroxyl groups excluding tert-OH is 1. The number of rotatable bonds is 7. The molecule has 0 radical (unpaired) electrons. The van der Waals surface area contributed by atoms with Crippen LogP contribution in [0.3, 0.4) is 0 Å². The Morgan fingerprint density at radius 3 is 2.80 bits per heavy atom. The SMILES string of the molecule is Cn1ccnc1CNC1COC(CNS(=O)(=O)c2ccccc2)C1O. The van der Waals surface area contributed by atoms with Crippen molar-refractivity contribution < 1.29 is 18.3 Å². The zero-order chi connectivity index (χ0) is 17.9. The van der Waals surface area contributed by atoms with Crippen LogP contribution >= 0.6 is 0 Å². The number of aromatic nitrogens is 2. The average Bonchev–Trinajstić information content (AvgIpc) is 3.18. The Morgan fingerprint density at radius 1 is 1.36 bits per heavy atom. The van der Waals surface area contributed by atoms with E-state index in [4.69, 9.17) is 4.74 Å². The predicted molar refractivity (Wildman–Crippen MR) is 91.2 cm³/mol. The predicted octanol–water partition coefficient (Wildman–Crippen LogP) is -0.383. The van der Waals surface area contributed by atoms with Crippen molar-refractivity contribution in [1.29, 1.82) is 0 Å². The Kier molecular flexibility index (Phi) is 5.50. The molecule has 2 heterocycles. The van der Waals surface area contributed by atoms with E-state index in [1.54, 1.807) is 24.4 Å². The molecule has 3 atom stereocenters. The molecular weight excluding hydrogens is 344 g/mol. The lowest BCUT2D eigenvalue weighted by molar-refractivity contribution is 0.0443. The molecule has 1 aliphatic rings. The first kappa shape index (κ1) is 18.0. The van der Waals surface area contributed by atoms with Crippen molar-refractivity contribution in [3.8, 4) is 0 Å². The zero-order valence-electron chi connectivity index (χ0n) is 13.9. The first-order valence-corrected chi connectivity index (χ1v) is 9.49. The summed E-state index contributed by atoms with van der Waals surface area (Å²) in [6.45, 7) is 0.819. The van der Waals surface area contributed by atoms with Crippen molar-refractivity contribution in [3.63, 3.8) is 0 Å². The van der Waals surface area contributed by atoms with E-state index in [9.17, 15) is 13.5 Å². The summed E-state index contributed by atoms with van der Waals surface area (Å²) in [5.41, 5.74) is 0. The standard InChI is InChI=1S/C16H22N4O4S/c1-20-8-7-17-15(20)10-18-13-11-24-14(16(13)21)9-19-25(22,23)12-5-3-2-4-6-12/h2-8,13-14,16,18-19,21H,9-11H2,1H3. The molecule has 3 rings (SSSR count). The smallest absolute Gasteiger partial charge is 0.240 e. The van der Waals surface area contributed by atoms with Crippen molar-refractivity contribution in [3.05, 3.63) is 48.5 Å². The fourth-order valence-corrected chi connectivity index (χ4v) is 3.77. The number of hydrogen-bond acceptors (Lipinski definition) is 6. The summed E-state index contributed by atoms with van der Waals surface area (Å²) in [6, 6.07) is 7.83. The summed E-state index contributed by atoms with van der Waals surface area (Å²) in [5.74, 6) is 0.848. The molecule has 0 bridgehead atoms. The molecule has 9 heteroatoms. The van der Waals surface area contributed by atoms with E-state index in [1.807, 2.05) is 17.8 Å². The number of ether oxygens (including phenoxy) is 1. The van der Waals surface area contributed by atoms with E-state index >= 15 is 0 Å². The van der Waals surface area contributed by atoms with Gasteiger partial charge in [-0.15, -0.1) is 0 Å².